The third-order valence-electron chi connectivity index (χ3n) is 0.637. The maximum absolute atomic E-state index is 9.74. The summed E-state index contributed by atoms with van der Waals surface area (Å²) in [5.74, 6) is 0. The van der Waals surface area contributed by atoms with Crippen LogP contribution in [0.3, 0.4) is 0 Å². The monoisotopic (exact) mass is 96.1 g/mol. The molecule has 0 aromatic heterocycles. The van der Waals surface area contributed by atoms with Crippen molar-refractivity contribution in [2.24, 2.45) is 0 Å². The van der Waals surface area contributed by atoms with Gasteiger partial charge < -0.3 is 9.84 Å². The van der Waals surface area contributed by atoms with Gasteiger partial charge in [-0.15, -0.1) is 6.61 Å². The minimum absolute atomic E-state index is 0. The molecule has 0 aromatic rings. The molecule has 1 unspecified atom stereocenters. The summed E-state index contributed by atoms with van der Waals surface area (Å²) in [7, 11) is 1.53. The van der Waals surface area contributed by atoms with E-state index in [1.54, 1.807) is 6.92 Å². The molecule has 0 spiro atoms. The summed E-state index contributed by atoms with van der Waals surface area (Å²) in [4.78, 5) is 0. The van der Waals surface area contributed by atoms with Gasteiger partial charge in [0.2, 0.25) is 0 Å². The van der Waals surface area contributed by atoms with Gasteiger partial charge in [0.05, 0.1) is 0 Å². The van der Waals surface area contributed by atoms with Gasteiger partial charge in [-0.2, -0.15) is 0 Å². The van der Waals surface area contributed by atoms with Crippen molar-refractivity contribution >= 4 is 0 Å². The molecule has 0 saturated heterocycles. The molecule has 7 heavy (non-hydrogen) atoms. The number of methoxy groups -OCH3 is 1. The molecule has 0 aliphatic carbocycles. The molecule has 1 atom stereocenters. The standard InChI is InChI=1S/C4H9O2.Li/c1-4(3-5)6-2;/h4H,3H2,1-2H3;/q-1;+1. The Balaban J connectivity index is 0. The van der Waals surface area contributed by atoms with Gasteiger partial charge in [-0.3, -0.25) is 0 Å². The second-order valence-corrected chi connectivity index (χ2v) is 1.21. The minimum atomic E-state index is -0.142. The van der Waals surface area contributed by atoms with Crippen LogP contribution in [-0.4, -0.2) is 19.8 Å². The van der Waals surface area contributed by atoms with Crippen molar-refractivity contribution in [2.75, 3.05) is 13.7 Å². The summed E-state index contributed by atoms with van der Waals surface area (Å²) >= 11 is 0. The molecular weight excluding hydrogens is 87.0 g/mol. The number of hydrogen-bond donors (Lipinski definition) is 0. The molecule has 3 heteroatoms. The molecule has 0 aliphatic rings. The molecule has 38 valence electrons. The zero-order valence-electron chi connectivity index (χ0n) is 5.10. The summed E-state index contributed by atoms with van der Waals surface area (Å²) < 4.78 is 4.59. The van der Waals surface area contributed by atoms with Crippen LogP contribution in [-0.2, 0) is 4.74 Å². The van der Waals surface area contributed by atoms with Crippen molar-refractivity contribution in [1.82, 2.24) is 0 Å². The van der Waals surface area contributed by atoms with Crippen LogP contribution in [0.1, 0.15) is 6.92 Å². The van der Waals surface area contributed by atoms with Gasteiger partial charge in [-0.25, -0.2) is 0 Å². The predicted octanol–water partition coefficient (Wildman–Crippen LogP) is -3.61. The fraction of sp³-hybridized carbons (Fsp3) is 1.00. The molecule has 0 heterocycles. The van der Waals surface area contributed by atoms with E-state index in [0.29, 0.717) is 0 Å². The van der Waals surface area contributed by atoms with Gasteiger partial charge in [-0.1, -0.05) is 0 Å². The van der Waals surface area contributed by atoms with E-state index in [9.17, 15) is 5.11 Å². The normalized spacial score (nSPS) is 12.4. The first-order valence-corrected chi connectivity index (χ1v) is 1.92. The van der Waals surface area contributed by atoms with E-state index in [1.165, 1.54) is 7.11 Å². The number of hydrogen-bond acceptors (Lipinski definition) is 2. The van der Waals surface area contributed by atoms with Crippen LogP contribution < -0.4 is 24.0 Å². The van der Waals surface area contributed by atoms with Crippen molar-refractivity contribution in [2.45, 2.75) is 13.0 Å². The largest absolute Gasteiger partial charge is 1.00 e. The van der Waals surface area contributed by atoms with E-state index in [1.807, 2.05) is 0 Å². The number of rotatable bonds is 2. The van der Waals surface area contributed by atoms with Crippen LogP contribution in [0.2, 0.25) is 0 Å². The Hall–Kier alpha value is 0.517. The Morgan fingerprint density at radius 1 is 1.71 bits per heavy atom. The number of ether oxygens (including phenoxy) is 1. The van der Waals surface area contributed by atoms with Crippen molar-refractivity contribution < 1.29 is 28.7 Å². The van der Waals surface area contributed by atoms with E-state index >= 15 is 0 Å². The van der Waals surface area contributed by atoms with Crippen molar-refractivity contribution in [3.05, 3.63) is 0 Å². The topological polar surface area (TPSA) is 32.3 Å². The molecule has 0 rings (SSSR count). The van der Waals surface area contributed by atoms with E-state index in [4.69, 9.17) is 0 Å². The summed E-state index contributed by atoms with van der Waals surface area (Å²) in [6, 6.07) is 0. The van der Waals surface area contributed by atoms with E-state index in [0.717, 1.165) is 0 Å². The maximum atomic E-state index is 9.74. The van der Waals surface area contributed by atoms with Crippen molar-refractivity contribution in [3.8, 4) is 0 Å². The van der Waals surface area contributed by atoms with Gasteiger partial charge in [0.1, 0.15) is 0 Å². The van der Waals surface area contributed by atoms with Gasteiger partial charge in [0.25, 0.3) is 0 Å². The van der Waals surface area contributed by atoms with E-state index in [-0.39, 0.29) is 31.6 Å². The zero-order valence-corrected chi connectivity index (χ0v) is 5.10. The summed E-state index contributed by atoms with van der Waals surface area (Å²) in [5, 5.41) is 9.74. The summed E-state index contributed by atoms with van der Waals surface area (Å²) in [5.41, 5.74) is 0. The fourth-order valence-electron chi connectivity index (χ4n) is 0.0680. The molecular formula is C4H9LiO2. The molecule has 0 bridgehead atoms. The molecule has 0 radical (unpaired) electrons. The van der Waals surface area contributed by atoms with Crippen LogP contribution >= 0.6 is 0 Å². The van der Waals surface area contributed by atoms with Crippen LogP contribution in [0, 0.1) is 0 Å². The first-order chi connectivity index (χ1) is 2.81. The average molecular weight is 96.1 g/mol. The minimum Gasteiger partial charge on any atom is -0.853 e. The van der Waals surface area contributed by atoms with Crippen LogP contribution in [0.25, 0.3) is 0 Å². The van der Waals surface area contributed by atoms with Crippen LogP contribution in [0.5, 0.6) is 0 Å². The summed E-state index contributed by atoms with van der Waals surface area (Å²) in [6.45, 7) is 1.60. The average Bonchev–Trinajstić information content (AvgIpc) is 1.65. The van der Waals surface area contributed by atoms with Gasteiger partial charge in [0, 0.05) is 13.2 Å². The fourth-order valence-corrected chi connectivity index (χ4v) is 0.0680. The van der Waals surface area contributed by atoms with Gasteiger partial charge in [0.15, 0.2) is 0 Å². The predicted molar refractivity (Wildman–Crippen MR) is 21.3 cm³/mol. The molecule has 0 saturated carbocycles. The third-order valence-corrected chi connectivity index (χ3v) is 0.637. The maximum Gasteiger partial charge on any atom is 1.00 e. The van der Waals surface area contributed by atoms with Gasteiger partial charge in [-0.05, 0) is 6.92 Å². The van der Waals surface area contributed by atoms with Crippen LogP contribution in [0.4, 0.5) is 0 Å². The van der Waals surface area contributed by atoms with Crippen molar-refractivity contribution in [3.63, 3.8) is 0 Å². The SMILES string of the molecule is COC(C)C[O-].[Li+]. The first kappa shape index (κ1) is 10.5. The van der Waals surface area contributed by atoms with Crippen LogP contribution in [0.15, 0.2) is 0 Å². The summed E-state index contributed by atoms with van der Waals surface area (Å²) in [6.07, 6.45) is -0.120. The zero-order chi connectivity index (χ0) is 4.99. The van der Waals surface area contributed by atoms with Gasteiger partial charge >= 0.3 is 18.9 Å². The molecule has 0 fully saturated rings. The molecule has 0 N–H and O–H groups in total. The molecule has 0 amide bonds. The van der Waals surface area contributed by atoms with Crippen molar-refractivity contribution in [1.29, 1.82) is 0 Å². The quantitative estimate of drug-likeness (QED) is 0.332. The smallest absolute Gasteiger partial charge is 0.853 e. The third kappa shape index (κ3) is 6.52. The Labute approximate surface area is 56.0 Å². The second kappa shape index (κ2) is 6.52. The van der Waals surface area contributed by atoms with E-state index < -0.39 is 0 Å². The second-order valence-electron chi connectivity index (χ2n) is 1.21. The Kier molecular flexibility index (Phi) is 9.77. The molecule has 0 aliphatic heterocycles. The first-order valence-electron chi connectivity index (χ1n) is 1.92. The Morgan fingerprint density at radius 2 is 2.14 bits per heavy atom. The Morgan fingerprint density at radius 3 is 2.14 bits per heavy atom. The molecule has 2 nitrogen and oxygen atoms in total. The Bertz CT molecular complexity index is 28.9. The van der Waals surface area contributed by atoms with E-state index in [2.05, 4.69) is 4.74 Å². The molecule has 0 aromatic carbocycles.